The van der Waals surface area contributed by atoms with E-state index in [4.69, 9.17) is 9.94 Å². The summed E-state index contributed by atoms with van der Waals surface area (Å²) in [4.78, 5) is 12.2. The molecule has 0 atom stereocenters. The predicted molar refractivity (Wildman–Crippen MR) is 112 cm³/mol. The Hall–Kier alpha value is -3.66. The van der Waals surface area contributed by atoms with Crippen LogP contribution < -0.4 is 4.84 Å². The van der Waals surface area contributed by atoms with Crippen LogP contribution in [0.4, 0.5) is 0 Å². The highest BCUT2D eigenvalue weighted by Gasteiger charge is 2.17. The van der Waals surface area contributed by atoms with E-state index in [2.05, 4.69) is 48.3 Å². The summed E-state index contributed by atoms with van der Waals surface area (Å²) in [5.41, 5.74) is 4.97. The Morgan fingerprint density at radius 2 is 1.61 bits per heavy atom. The van der Waals surface area contributed by atoms with Gasteiger partial charge in [-0.1, -0.05) is 89.3 Å². The quantitative estimate of drug-likeness (QED) is 0.440. The molecule has 0 aliphatic rings. The van der Waals surface area contributed by atoms with Crippen molar-refractivity contribution in [1.82, 2.24) is 14.9 Å². The molecule has 0 fully saturated rings. The third kappa shape index (κ3) is 2.89. The minimum Gasteiger partial charge on any atom is -0.390 e. The van der Waals surface area contributed by atoms with E-state index in [0.717, 1.165) is 38.6 Å². The van der Waals surface area contributed by atoms with E-state index in [1.54, 1.807) is 4.85 Å². The maximum absolute atomic E-state index is 6.02. The monoisotopic (exact) mass is 365 g/mol. The largest absolute Gasteiger partial charge is 0.390 e. The fourth-order valence-corrected chi connectivity index (χ4v) is 3.43. The highest BCUT2D eigenvalue weighted by molar-refractivity contribution is 6.10. The van der Waals surface area contributed by atoms with Gasteiger partial charge in [-0.15, -0.1) is 5.10 Å². The molecule has 0 aliphatic heterocycles. The van der Waals surface area contributed by atoms with Crippen molar-refractivity contribution in [2.75, 3.05) is 0 Å². The fraction of sp³-hybridized carbons (Fsp3) is 0.0833. The molecular weight excluding hydrogens is 346 g/mol. The lowest BCUT2D eigenvalue weighted by atomic mass is 10.0. The topological polar surface area (TPSA) is 39.9 Å². The second kappa shape index (κ2) is 6.82. The number of aromatic nitrogens is 3. The zero-order chi connectivity index (χ0) is 18.9. The number of rotatable bonds is 4. The second-order valence-electron chi connectivity index (χ2n) is 6.89. The van der Waals surface area contributed by atoms with Crippen molar-refractivity contribution in [3.63, 3.8) is 0 Å². The number of pyridine rings is 1. The molecule has 0 saturated heterocycles. The van der Waals surface area contributed by atoms with Gasteiger partial charge in [-0.2, -0.15) is 0 Å². The summed E-state index contributed by atoms with van der Waals surface area (Å²) in [5.74, 6) is 0. The SMILES string of the molecule is Cc1ccc(-c2nn(OCc3ccccc3)c3ncc4ccccc4c23)cc1. The minimum absolute atomic E-state index is 0.430. The fourth-order valence-electron chi connectivity index (χ4n) is 3.43. The molecule has 136 valence electrons. The first-order valence-electron chi connectivity index (χ1n) is 9.30. The summed E-state index contributed by atoms with van der Waals surface area (Å²) >= 11 is 0. The van der Waals surface area contributed by atoms with Gasteiger partial charge in [-0.3, -0.25) is 0 Å². The van der Waals surface area contributed by atoms with Gasteiger partial charge in [-0.25, -0.2) is 4.98 Å². The minimum atomic E-state index is 0.430. The number of hydrogen-bond donors (Lipinski definition) is 0. The molecule has 0 unspecified atom stereocenters. The third-order valence-electron chi connectivity index (χ3n) is 4.91. The number of fused-ring (bicyclic) bond motifs is 3. The zero-order valence-corrected chi connectivity index (χ0v) is 15.5. The van der Waals surface area contributed by atoms with Crippen LogP contribution in [0.5, 0.6) is 0 Å². The van der Waals surface area contributed by atoms with Crippen LogP contribution in [0, 0.1) is 6.92 Å². The number of aryl methyl sites for hydroxylation is 1. The van der Waals surface area contributed by atoms with Crippen molar-refractivity contribution in [3.05, 3.63) is 96.2 Å². The lowest BCUT2D eigenvalue weighted by molar-refractivity contribution is 0.0787. The first-order valence-corrected chi connectivity index (χ1v) is 9.30. The molecule has 2 heterocycles. The summed E-state index contributed by atoms with van der Waals surface area (Å²) in [6, 6.07) is 26.7. The van der Waals surface area contributed by atoms with E-state index < -0.39 is 0 Å². The molecule has 3 aromatic carbocycles. The Kier molecular flexibility index (Phi) is 4.02. The summed E-state index contributed by atoms with van der Waals surface area (Å²) in [6.07, 6.45) is 1.88. The van der Waals surface area contributed by atoms with E-state index in [1.807, 2.05) is 48.7 Å². The van der Waals surface area contributed by atoms with Crippen LogP contribution in [0.25, 0.3) is 33.1 Å². The first-order chi connectivity index (χ1) is 13.8. The smallest absolute Gasteiger partial charge is 0.200 e. The lowest BCUT2D eigenvalue weighted by Gasteiger charge is -2.06. The van der Waals surface area contributed by atoms with E-state index in [-0.39, 0.29) is 0 Å². The highest BCUT2D eigenvalue weighted by atomic mass is 16.7. The average Bonchev–Trinajstić information content (AvgIpc) is 3.13. The molecule has 0 spiro atoms. The second-order valence-corrected chi connectivity index (χ2v) is 6.89. The van der Waals surface area contributed by atoms with Crippen molar-refractivity contribution in [2.45, 2.75) is 13.5 Å². The molecule has 0 aliphatic carbocycles. The van der Waals surface area contributed by atoms with Crippen LogP contribution in [0.2, 0.25) is 0 Å². The van der Waals surface area contributed by atoms with Crippen LogP contribution in [0.1, 0.15) is 11.1 Å². The Labute approximate surface area is 163 Å². The molecule has 5 aromatic rings. The Morgan fingerprint density at radius 3 is 2.43 bits per heavy atom. The molecule has 5 rings (SSSR count). The number of hydrogen-bond acceptors (Lipinski definition) is 3. The first kappa shape index (κ1) is 16.5. The molecule has 4 heteroatoms. The molecule has 0 bridgehead atoms. The molecule has 2 aromatic heterocycles. The summed E-state index contributed by atoms with van der Waals surface area (Å²) in [7, 11) is 0. The van der Waals surface area contributed by atoms with E-state index in [1.165, 1.54) is 5.56 Å². The molecule has 0 amide bonds. The van der Waals surface area contributed by atoms with E-state index in [0.29, 0.717) is 6.61 Å². The number of benzene rings is 3. The third-order valence-corrected chi connectivity index (χ3v) is 4.91. The van der Waals surface area contributed by atoms with Gasteiger partial charge in [0.1, 0.15) is 12.3 Å². The van der Waals surface area contributed by atoms with Crippen LogP contribution in [-0.2, 0) is 6.61 Å². The Balaban J connectivity index is 1.68. The lowest BCUT2D eigenvalue weighted by Crippen LogP contribution is -2.13. The van der Waals surface area contributed by atoms with Gasteiger partial charge < -0.3 is 4.84 Å². The molecule has 28 heavy (non-hydrogen) atoms. The number of nitrogens with zero attached hydrogens (tertiary/aromatic N) is 3. The van der Waals surface area contributed by atoms with Crippen molar-refractivity contribution >= 4 is 21.8 Å². The maximum Gasteiger partial charge on any atom is 0.200 e. The Bertz CT molecular complexity index is 1260. The molecule has 0 saturated carbocycles. The van der Waals surface area contributed by atoms with Gasteiger partial charge in [0.25, 0.3) is 0 Å². The van der Waals surface area contributed by atoms with Gasteiger partial charge >= 0.3 is 0 Å². The summed E-state index contributed by atoms with van der Waals surface area (Å²) in [6.45, 7) is 2.51. The van der Waals surface area contributed by atoms with Crippen LogP contribution in [0.15, 0.2) is 85.1 Å². The van der Waals surface area contributed by atoms with Gasteiger partial charge in [0.05, 0.1) is 5.39 Å². The predicted octanol–water partition coefficient (Wildman–Crippen LogP) is 5.19. The average molecular weight is 365 g/mol. The maximum atomic E-state index is 6.02. The summed E-state index contributed by atoms with van der Waals surface area (Å²) < 4.78 is 0. The molecule has 0 N–H and O–H groups in total. The molecule has 4 nitrogen and oxygen atoms in total. The Morgan fingerprint density at radius 1 is 0.857 bits per heavy atom. The van der Waals surface area contributed by atoms with Crippen molar-refractivity contribution in [1.29, 1.82) is 0 Å². The van der Waals surface area contributed by atoms with Gasteiger partial charge in [-0.05, 0) is 17.9 Å². The normalized spacial score (nSPS) is 11.2. The van der Waals surface area contributed by atoms with Crippen LogP contribution in [0.3, 0.4) is 0 Å². The zero-order valence-electron chi connectivity index (χ0n) is 15.5. The van der Waals surface area contributed by atoms with Crippen molar-refractivity contribution < 1.29 is 4.84 Å². The van der Waals surface area contributed by atoms with Crippen molar-refractivity contribution in [2.24, 2.45) is 0 Å². The van der Waals surface area contributed by atoms with Crippen LogP contribution >= 0.6 is 0 Å². The van der Waals surface area contributed by atoms with Gasteiger partial charge in [0.2, 0.25) is 0 Å². The van der Waals surface area contributed by atoms with Gasteiger partial charge in [0.15, 0.2) is 5.65 Å². The van der Waals surface area contributed by atoms with Crippen molar-refractivity contribution in [3.8, 4) is 11.3 Å². The summed E-state index contributed by atoms with van der Waals surface area (Å²) in [5, 5.41) is 8.01. The van der Waals surface area contributed by atoms with Gasteiger partial charge in [0, 0.05) is 17.1 Å². The molecular formula is C24H19N3O. The standard InChI is InChI=1S/C24H19N3O/c1-17-11-13-19(14-12-17)23-22-21-10-6-5-9-20(21)15-25-24(22)27(26-23)28-16-18-7-3-2-4-8-18/h2-15H,16H2,1H3. The highest BCUT2D eigenvalue weighted by Crippen LogP contribution is 2.32. The van der Waals surface area contributed by atoms with E-state index in [9.17, 15) is 0 Å². The van der Waals surface area contributed by atoms with E-state index >= 15 is 0 Å². The molecule has 0 radical (unpaired) electrons. The van der Waals surface area contributed by atoms with Crippen LogP contribution in [-0.4, -0.2) is 14.9 Å².